The predicted octanol–water partition coefficient (Wildman–Crippen LogP) is 1.32. The van der Waals surface area contributed by atoms with Gasteiger partial charge in [-0.05, 0) is 26.3 Å². The molecule has 0 aromatic carbocycles. The van der Waals surface area contributed by atoms with Gasteiger partial charge in [-0.1, -0.05) is 5.16 Å². The molecule has 17 heavy (non-hydrogen) atoms. The molecule has 3 heterocycles. The molecule has 0 spiro atoms. The summed E-state index contributed by atoms with van der Waals surface area (Å²) < 4.78 is 5.33. The van der Waals surface area contributed by atoms with E-state index in [1.54, 1.807) is 12.4 Å². The van der Waals surface area contributed by atoms with Crippen LogP contribution >= 0.6 is 0 Å². The third kappa shape index (κ3) is 2.08. The summed E-state index contributed by atoms with van der Waals surface area (Å²) in [6, 6.07) is 0.507. The van der Waals surface area contributed by atoms with Crippen molar-refractivity contribution in [3.8, 4) is 11.6 Å². The van der Waals surface area contributed by atoms with Crippen LogP contribution < -0.4 is 5.32 Å². The highest BCUT2D eigenvalue weighted by atomic mass is 16.5. The van der Waals surface area contributed by atoms with E-state index in [4.69, 9.17) is 4.52 Å². The fraction of sp³-hybridized carbons (Fsp3) is 0.545. The highest BCUT2D eigenvalue weighted by Gasteiger charge is 2.25. The second-order valence-electron chi connectivity index (χ2n) is 4.47. The van der Waals surface area contributed by atoms with Crippen molar-refractivity contribution in [3.63, 3.8) is 0 Å². The zero-order valence-corrected chi connectivity index (χ0v) is 9.68. The standard InChI is InChI=1S/C11H15N5O/c1-7-6-8(2-3-12-7)11-15-10(16-17-11)9-13-4-5-14-9/h4-5,7-8,12H,2-3,6H2,1H3,(H,13,14)/t7-,8-/m0/s1. The smallest absolute Gasteiger partial charge is 0.238 e. The second kappa shape index (κ2) is 4.29. The average molecular weight is 233 g/mol. The van der Waals surface area contributed by atoms with Gasteiger partial charge in [0.05, 0.1) is 0 Å². The van der Waals surface area contributed by atoms with E-state index in [9.17, 15) is 0 Å². The summed E-state index contributed by atoms with van der Waals surface area (Å²) in [6.45, 7) is 3.18. The number of imidazole rings is 1. The van der Waals surface area contributed by atoms with Gasteiger partial charge >= 0.3 is 0 Å². The Kier molecular flexibility index (Phi) is 2.64. The lowest BCUT2D eigenvalue weighted by molar-refractivity contribution is 0.295. The van der Waals surface area contributed by atoms with E-state index in [-0.39, 0.29) is 0 Å². The summed E-state index contributed by atoms with van der Waals surface area (Å²) in [5.41, 5.74) is 0. The number of piperidine rings is 1. The molecule has 0 radical (unpaired) electrons. The van der Waals surface area contributed by atoms with Crippen molar-refractivity contribution in [2.24, 2.45) is 0 Å². The van der Waals surface area contributed by atoms with Gasteiger partial charge in [0, 0.05) is 24.4 Å². The van der Waals surface area contributed by atoms with Gasteiger partial charge in [-0.2, -0.15) is 4.98 Å². The van der Waals surface area contributed by atoms with Gasteiger partial charge in [-0.25, -0.2) is 4.98 Å². The van der Waals surface area contributed by atoms with Crippen LogP contribution in [-0.2, 0) is 0 Å². The maximum absolute atomic E-state index is 5.33. The zero-order valence-electron chi connectivity index (χ0n) is 9.68. The van der Waals surface area contributed by atoms with Crippen LogP contribution in [0.5, 0.6) is 0 Å². The molecule has 2 atom stereocenters. The van der Waals surface area contributed by atoms with Crippen LogP contribution in [-0.4, -0.2) is 32.7 Å². The molecule has 2 N–H and O–H groups in total. The molecule has 0 unspecified atom stereocenters. The maximum Gasteiger partial charge on any atom is 0.238 e. The molecule has 0 aliphatic carbocycles. The largest absolute Gasteiger partial charge is 0.342 e. The Bertz CT molecular complexity index is 478. The van der Waals surface area contributed by atoms with E-state index < -0.39 is 0 Å². The number of hydrogen-bond donors (Lipinski definition) is 2. The van der Waals surface area contributed by atoms with Crippen molar-refractivity contribution >= 4 is 0 Å². The number of hydrogen-bond acceptors (Lipinski definition) is 5. The fourth-order valence-corrected chi connectivity index (χ4v) is 2.24. The Morgan fingerprint density at radius 3 is 3.18 bits per heavy atom. The molecule has 0 bridgehead atoms. The van der Waals surface area contributed by atoms with Crippen molar-refractivity contribution in [1.82, 2.24) is 25.4 Å². The van der Waals surface area contributed by atoms with Crippen molar-refractivity contribution in [2.75, 3.05) is 6.54 Å². The van der Waals surface area contributed by atoms with E-state index in [0.717, 1.165) is 25.3 Å². The summed E-state index contributed by atoms with van der Waals surface area (Å²) in [6.07, 6.45) is 5.51. The molecular formula is C11H15N5O. The van der Waals surface area contributed by atoms with Crippen molar-refractivity contribution in [1.29, 1.82) is 0 Å². The Hall–Kier alpha value is -1.69. The molecule has 0 amide bonds. The molecule has 6 heteroatoms. The zero-order chi connectivity index (χ0) is 11.7. The SMILES string of the molecule is C[C@H]1C[C@@H](c2nc(-c3ncc[nH]3)no2)CCN1. The Morgan fingerprint density at radius 2 is 2.41 bits per heavy atom. The van der Waals surface area contributed by atoms with Gasteiger partial charge in [0.1, 0.15) is 0 Å². The number of nitrogens with zero attached hydrogens (tertiary/aromatic N) is 3. The van der Waals surface area contributed by atoms with Crippen molar-refractivity contribution in [3.05, 3.63) is 18.3 Å². The van der Waals surface area contributed by atoms with Crippen LogP contribution in [0.2, 0.25) is 0 Å². The molecular weight excluding hydrogens is 218 g/mol. The van der Waals surface area contributed by atoms with Crippen LogP contribution in [0.1, 0.15) is 31.6 Å². The Morgan fingerprint density at radius 1 is 1.47 bits per heavy atom. The molecule has 1 aliphatic heterocycles. The summed E-state index contributed by atoms with van der Waals surface area (Å²) in [5.74, 6) is 2.28. The molecule has 6 nitrogen and oxygen atoms in total. The first-order valence-corrected chi connectivity index (χ1v) is 5.89. The van der Waals surface area contributed by atoms with Gasteiger partial charge in [0.15, 0.2) is 5.82 Å². The second-order valence-corrected chi connectivity index (χ2v) is 4.47. The minimum absolute atomic E-state index is 0.363. The van der Waals surface area contributed by atoms with Gasteiger partial charge in [0.25, 0.3) is 0 Å². The van der Waals surface area contributed by atoms with E-state index in [0.29, 0.717) is 23.6 Å². The molecule has 1 saturated heterocycles. The van der Waals surface area contributed by atoms with Crippen LogP contribution in [0, 0.1) is 0 Å². The summed E-state index contributed by atoms with van der Waals surface area (Å²) in [4.78, 5) is 11.5. The molecule has 2 aromatic heterocycles. The lowest BCUT2D eigenvalue weighted by Crippen LogP contribution is -2.34. The molecule has 90 valence electrons. The third-order valence-corrected chi connectivity index (χ3v) is 3.12. The fourth-order valence-electron chi connectivity index (χ4n) is 2.24. The first-order valence-electron chi connectivity index (χ1n) is 5.89. The monoisotopic (exact) mass is 233 g/mol. The lowest BCUT2D eigenvalue weighted by atomic mass is 9.93. The topological polar surface area (TPSA) is 79.6 Å². The molecule has 2 aromatic rings. The van der Waals surface area contributed by atoms with Gasteiger partial charge in [-0.3, -0.25) is 0 Å². The first-order chi connectivity index (χ1) is 8.33. The summed E-state index contributed by atoms with van der Waals surface area (Å²) >= 11 is 0. The van der Waals surface area contributed by atoms with E-state index in [1.807, 2.05) is 0 Å². The third-order valence-electron chi connectivity index (χ3n) is 3.12. The van der Waals surface area contributed by atoms with Crippen LogP contribution in [0.15, 0.2) is 16.9 Å². The minimum atomic E-state index is 0.363. The normalized spacial score (nSPS) is 25.0. The van der Waals surface area contributed by atoms with Gasteiger partial charge in [0.2, 0.25) is 11.7 Å². The number of H-pyrrole nitrogens is 1. The van der Waals surface area contributed by atoms with Crippen LogP contribution in [0.3, 0.4) is 0 Å². The Balaban J connectivity index is 1.80. The highest BCUT2D eigenvalue weighted by molar-refractivity contribution is 5.40. The molecule has 1 aliphatic rings. The lowest BCUT2D eigenvalue weighted by Gasteiger charge is -2.25. The first kappa shape index (κ1) is 10.5. The minimum Gasteiger partial charge on any atom is -0.342 e. The van der Waals surface area contributed by atoms with Crippen LogP contribution in [0.25, 0.3) is 11.6 Å². The molecule has 0 saturated carbocycles. The van der Waals surface area contributed by atoms with E-state index in [1.165, 1.54) is 0 Å². The predicted molar refractivity (Wildman–Crippen MR) is 61.3 cm³/mol. The van der Waals surface area contributed by atoms with Gasteiger partial charge < -0.3 is 14.8 Å². The summed E-state index contributed by atoms with van der Waals surface area (Å²) in [5, 5.41) is 7.37. The number of aromatic nitrogens is 4. The maximum atomic E-state index is 5.33. The number of aromatic amines is 1. The Labute approximate surface area is 98.8 Å². The van der Waals surface area contributed by atoms with E-state index in [2.05, 4.69) is 32.3 Å². The molecule has 1 fully saturated rings. The quantitative estimate of drug-likeness (QED) is 0.817. The summed E-state index contributed by atoms with van der Waals surface area (Å²) in [7, 11) is 0. The number of rotatable bonds is 2. The van der Waals surface area contributed by atoms with E-state index >= 15 is 0 Å². The van der Waals surface area contributed by atoms with Crippen molar-refractivity contribution < 1.29 is 4.52 Å². The van der Waals surface area contributed by atoms with Gasteiger partial charge in [-0.15, -0.1) is 0 Å². The number of nitrogens with one attached hydrogen (secondary N) is 2. The van der Waals surface area contributed by atoms with Crippen LogP contribution in [0.4, 0.5) is 0 Å². The van der Waals surface area contributed by atoms with Crippen molar-refractivity contribution in [2.45, 2.75) is 31.7 Å². The highest BCUT2D eigenvalue weighted by Crippen LogP contribution is 2.27. The molecule has 3 rings (SSSR count). The average Bonchev–Trinajstić information content (AvgIpc) is 3.00.